The molecular weight excluding hydrogens is 288 g/mol. The normalized spacial score (nSPS) is 13.6. The van der Waals surface area contributed by atoms with Crippen molar-refractivity contribution in [3.05, 3.63) is 28.5 Å². The van der Waals surface area contributed by atoms with Crippen molar-refractivity contribution >= 4 is 15.9 Å². The summed E-state index contributed by atoms with van der Waals surface area (Å²) in [5, 5.41) is 3.60. The second kappa shape index (κ2) is 7.25. The Morgan fingerprint density at radius 1 is 1.33 bits per heavy atom. The molecule has 0 fully saturated rings. The fourth-order valence-electron chi connectivity index (χ4n) is 2.19. The van der Waals surface area contributed by atoms with E-state index < -0.39 is 0 Å². The van der Waals surface area contributed by atoms with Gasteiger partial charge >= 0.3 is 0 Å². The van der Waals surface area contributed by atoms with Gasteiger partial charge in [0, 0.05) is 22.9 Å². The monoisotopic (exact) mass is 312 g/mol. The Labute approximate surface area is 120 Å². The molecule has 1 aromatic rings. The molecule has 1 atom stereocenters. The predicted octanol–water partition coefficient (Wildman–Crippen LogP) is 4.19. The van der Waals surface area contributed by atoms with Crippen molar-refractivity contribution in [1.82, 2.24) is 10.3 Å². The predicted molar refractivity (Wildman–Crippen MR) is 81.8 cm³/mol. The minimum atomic E-state index is 0.325. The standard InChI is InChI=1S/C15H25BrN2/c1-5-18-14(15(2,3)4)8-6-7-12-9-13(16)11-17-10-12/h9-11,14,18H,5-8H2,1-4H3. The lowest BCUT2D eigenvalue weighted by molar-refractivity contribution is 0.254. The van der Waals surface area contributed by atoms with Crippen molar-refractivity contribution in [3.63, 3.8) is 0 Å². The molecule has 0 amide bonds. The molecule has 1 aromatic heterocycles. The molecule has 3 heteroatoms. The summed E-state index contributed by atoms with van der Waals surface area (Å²) in [7, 11) is 0. The van der Waals surface area contributed by atoms with Gasteiger partial charge in [0.25, 0.3) is 0 Å². The van der Waals surface area contributed by atoms with Gasteiger partial charge in [-0.2, -0.15) is 0 Å². The van der Waals surface area contributed by atoms with Gasteiger partial charge in [0.05, 0.1) is 0 Å². The summed E-state index contributed by atoms with van der Waals surface area (Å²) in [6.45, 7) is 10.1. The van der Waals surface area contributed by atoms with Gasteiger partial charge in [0.2, 0.25) is 0 Å². The molecule has 0 aromatic carbocycles. The summed E-state index contributed by atoms with van der Waals surface area (Å²) >= 11 is 3.46. The molecule has 0 saturated heterocycles. The van der Waals surface area contributed by atoms with Crippen LogP contribution in [0.4, 0.5) is 0 Å². The Bertz CT molecular complexity index is 358. The van der Waals surface area contributed by atoms with Crippen LogP contribution in [-0.4, -0.2) is 17.6 Å². The number of aryl methyl sites for hydroxylation is 1. The number of aromatic nitrogens is 1. The third-order valence-electron chi connectivity index (χ3n) is 3.22. The summed E-state index contributed by atoms with van der Waals surface area (Å²) in [6, 6.07) is 2.74. The first-order valence-electron chi connectivity index (χ1n) is 6.76. The van der Waals surface area contributed by atoms with Crippen LogP contribution in [0.15, 0.2) is 22.9 Å². The van der Waals surface area contributed by atoms with E-state index in [4.69, 9.17) is 0 Å². The van der Waals surface area contributed by atoms with Gasteiger partial charge in [0.15, 0.2) is 0 Å². The highest BCUT2D eigenvalue weighted by molar-refractivity contribution is 9.10. The van der Waals surface area contributed by atoms with Crippen LogP contribution >= 0.6 is 15.9 Å². The van der Waals surface area contributed by atoms with E-state index >= 15 is 0 Å². The van der Waals surface area contributed by atoms with Crippen LogP contribution in [-0.2, 0) is 6.42 Å². The molecule has 1 heterocycles. The number of halogens is 1. The van der Waals surface area contributed by atoms with E-state index in [-0.39, 0.29) is 0 Å². The Hall–Kier alpha value is -0.410. The van der Waals surface area contributed by atoms with Crippen molar-refractivity contribution in [1.29, 1.82) is 0 Å². The molecule has 0 spiro atoms. The number of hydrogen-bond acceptors (Lipinski definition) is 2. The van der Waals surface area contributed by atoms with E-state index in [2.05, 4.69) is 60.0 Å². The molecule has 1 N–H and O–H groups in total. The Balaban J connectivity index is 2.44. The number of pyridine rings is 1. The second-order valence-electron chi connectivity index (χ2n) is 5.88. The van der Waals surface area contributed by atoms with E-state index in [1.165, 1.54) is 18.4 Å². The fourth-order valence-corrected chi connectivity index (χ4v) is 2.60. The third kappa shape index (κ3) is 5.49. The highest BCUT2D eigenvalue weighted by Gasteiger charge is 2.22. The summed E-state index contributed by atoms with van der Waals surface area (Å²) in [5.74, 6) is 0. The molecule has 0 bridgehead atoms. The zero-order chi connectivity index (χ0) is 13.6. The number of rotatable bonds is 6. The molecule has 102 valence electrons. The summed E-state index contributed by atoms with van der Waals surface area (Å²) < 4.78 is 1.07. The van der Waals surface area contributed by atoms with E-state index in [9.17, 15) is 0 Å². The SMILES string of the molecule is CCNC(CCCc1cncc(Br)c1)C(C)(C)C. The average Bonchev–Trinajstić information content (AvgIpc) is 2.27. The van der Waals surface area contributed by atoms with Crippen LogP contribution in [0.3, 0.4) is 0 Å². The van der Waals surface area contributed by atoms with Crippen LogP contribution in [0.25, 0.3) is 0 Å². The van der Waals surface area contributed by atoms with Gasteiger partial charge in [-0.15, -0.1) is 0 Å². The molecule has 1 unspecified atom stereocenters. The van der Waals surface area contributed by atoms with Crippen molar-refractivity contribution < 1.29 is 0 Å². The first kappa shape index (κ1) is 15.6. The quantitative estimate of drug-likeness (QED) is 0.852. The zero-order valence-electron chi connectivity index (χ0n) is 12.0. The average molecular weight is 313 g/mol. The molecular formula is C15H25BrN2. The van der Waals surface area contributed by atoms with Gasteiger partial charge in [-0.1, -0.05) is 27.7 Å². The summed E-state index contributed by atoms with van der Waals surface area (Å²) in [4.78, 5) is 4.20. The molecule has 0 aliphatic heterocycles. The van der Waals surface area contributed by atoms with Crippen LogP contribution in [0.2, 0.25) is 0 Å². The Morgan fingerprint density at radius 3 is 2.61 bits per heavy atom. The maximum atomic E-state index is 4.20. The molecule has 2 nitrogen and oxygen atoms in total. The lowest BCUT2D eigenvalue weighted by Crippen LogP contribution is -2.40. The molecule has 0 radical (unpaired) electrons. The first-order valence-corrected chi connectivity index (χ1v) is 7.55. The van der Waals surface area contributed by atoms with E-state index in [0.29, 0.717) is 11.5 Å². The van der Waals surface area contributed by atoms with E-state index in [1.54, 1.807) is 0 Å². The maximum absolute atomic E-state index is 4.20. The maximum Gasteiger partial charge on any atom is 0.0410 e. The second-order valence-corrected chi connectivity index (χ2v) is 6.80. The summed E-state index contributed by atoms with van der Waals surface area (Å²) in [5.41, 5.74) is 1.64. The molecule has 0 saturated carbocycles. The lowest BCUT2D eigenvalue weighted by atomic mass is 9.83. The smallest absolute Gasteiger partial charge is 0.0410 e. The fraction of sp³-hybridized carbons (Fsp3) is 0.667. The highest BCUT2D eigenvalue weighted by atomic mass is 79.9. The van der Waals surface area contributed by atoms with E-state index in [0.717, 1.165) is 17.4 Å². The minimum Gasteiger partial charge on any atom is -0.314 e. The van der Waals surface area contributed by atoms with Gasteiger partial charge in [0.1, 0.15) is 0 Å². The highest BCUT2D eigenvalue weighted by Crippen LogP contribution is 2.23. The Morgan fingerprint density at radius 2 is 2.06 bits per heavy atom. The van der Waals surface area contributed by atoms with E-state index in [1.807, 2.05) is 12.4 Å². The molecule has 1 rings (SSSR count). The van der Waals surface area contributed by atoms with Crippen LogP contribution in [0.5, 0.6) is 0 Å². The molecule has 0 aliphatic rings. The first-order chi connectivity index (χ1) is 8.43. The van der Waals surface area contributed by atoms with Crippen LogP contribution in [0, 0.1) is 5.41 Å². The van der Waals surface area contributed by atoms with Crippen molar-refractivity contribution in [3.8, 4) is 0 Å². The van der Waals surface area contributed by atoms with Crippen LogP contribution in [0.1, 0.15) is 46.1 Å². The number of nitrogens with zero attached hydrogens (tertiary/aromatic N) is 1. The zero-order valence-corrected chi connectivity index (χ0v) is 13.5. The number of nitrogens with one attached hydrogen (secondary N) is 1. The van der Waals surface area contributed by atoms with Crippen molar-refractivity contribution in [2.45, 2.75) is 53.0 Å². The molecule has 18 heavy (non-hydrogen) atoms. The lowest BCUT2D eigenvalue weighted by Gasteiger charge is -2.31. The number of hydrogen-bond donors (Lipinski definition) is 1. The minimum absolute atomic E-state index is 0.325. The van der Waals surface area contributed by atoms with Crippen molar-refractivity contribution in [2.24, 2.45) is 5.41 Å². The summed E-state index contributed by atoms with van der Waals surface area (Å²) in [6.07, 6.45) is 7.31. The Kier molecular flexibility index (Phi) is 6.30. The topological polar surface area (TPSA) is 24.9 Å². The van der Waals surface area contributed by atoms with Crippen molar-refractivity contribution in [2.75, 3.05) is 6.54 Å². The van der Waals surface area contributed by atoms with Gasteiger partial charge < -0.3 is 5.32 Å². The third-order valence-corrected chi connectivity index (χ3v) is 3.65. The molecule has 0 aliphatic carbocycles. The van der Waals surface area contributed by atoms with Crippen LogP contribution < -0.4 is 5.32 Å². The van der Waals surface area contributed by atoms with Gasteiger partial charge in [-0.3, -0.25) is 4.98 Å². The van der Waals surface area contributed by atoms with Gasteiger partial charge in [-0.25, -0.2) is 0 Å². The largest absolute Gasteiger partial charge is 0.314 e. The van der Waals surface area contributed by atoms with Gasteiger partial charge in [-0.05, 0) is 58.8 Å².